The molecule has 0 unspecified atom stereocenters. The molecule has 0 bridgehead atoms. The summed E-state index contributed by atoms with van der Waals surface area (Å²) < 4.78 is 11.8. The number of allylic oxidation sites excluding steroid dienone is 1. The van der Waals surface area contributed by atoms with E-state index in [-0.39, 0.29) is 24.9 Å². The number of aliphatic hydroxyl groups is 1. The van der Waals surface area contributed by atoms with Gasteiger partial charge in [0.15, 0.2) is 5.60 Å². The average Bonchev–Trinajstić information content (AvgIpc) is 2.71. The van der Waals surface area contributed by atoms with Crippen LogP contribution in [-0.2, 0) is 18.8 Å². The summed E-state index contributed by atoms with van der Waals surface area (Å²) in [5, 5.41) is 12.2. The maximum Gasteiger partial charge on any atom is 0.339 e. The normalized spacial score (nSPS) is 39.2. The molecule has 0 radical (unpaired) electrons. The molecule has 0 spiro atoms. The van der Waals surface area contributed by atoms with E-state index in [0.717, 1.165) is 19.3 Å². The lowest BCUT2D eigenvalue weighted by Crippen LogP contribution is -2.80. The van der Waals surface area contributed by atoms with Crippen LogP contribution in [0.25, 0.3) is 0 Å². The second-order valence-electron chi connectivity index (χ2n) is 7.22. The van der Waals surface area contributed by atoms with Crippen LogP contribution in [-0.4, -0.2) is 54.2 Å². The van der Waals surface area contributed by atoms with Gasteiger partial charge in [-0.3, -0.25) is 4.79 Å². The number of rotatable bonds is 6. The molecule has 0 aromatic heterocycles. The molecule has 24 heavy (non-hydrogen) atoms. The smallest absolute Gasteiger partial charge is 0.339 e. The molecule has 1 aliphatic carbocycles. The topological polar surface area (TPSA) is 84.9 Å². The lowest BCUT2D eigenvalue weighted by Gasteiger charge is -2.55. The molecule has 5 atom stereocenters. The number of ether oxygens (including phenoxy) is 1. The van der Waals surface area contributed by atoms with Crippen molar-refractivity contribution in [3.63, 3.8) is 0 Å². The highest BCUT2D eigenvalue weighted by Gasteiger charge is 2.80. The molecule has 2 N–H and O–H groups in total. The molecule has 6 nitrogen and oxygen atoms in total. The highest BCUT2D eigenvalue weighted by Crippen LogP contribution is 2.55. The Hall–Kier alpha value is -0.970. The molecule has 3 rings (SSSR count). The standard InChI is InChI=1S/C17H26NO5P/c1-16-12(9-10-19)14(20)18-17(16,15(21)22-16)13(23-24(2)3)11-7-5-4-6-8-11/h5,7,11-13,19H,4,6,8-10H2,1-3H3,(H,18,20)/t11-,12+,13+,16+,17+/m1/s1. The van der Waals surface area contributed by atoms with Gasteiger partial charge >= 0.3 is 5.97 Å². The Balaban J connectivity index is 2.01. The van der Waals surface area contributed by atoms with Crippen LogP contribution >= 0.6 is 8.15 Å². The minimum absolute atomic E-state index is 0.0731. The van der Waals surface area contributed by atoms with Crippen molar-refractivity contribution in [2.45, 2.75) is 49.9 Å². The summed E-state index contributed by atoms with van der Waals surface area (Å²) in [5.74, 6) is -1.12. The summed E-state index contributed by atoms with van der Waals surface area (Å²) in [6.45, 7) is 5.66. The fourth-order valence-corrected chi connectivity index (χ4v) is 5.13. The SMILES string of the molecule is CP(C)O[C@@H]([C@@H]1C=CCCC1)[C@@]12NC(=O)[C@H](CCO)[C@]1(C)OC2=O. The Morgan fingerprint density at radius 2 is 2.25 bits per heavy atom. The number of carbonyl (C=O) groups is 2. The first-order valence-corrected chi connectivity index (χ1v) is 10.7. The van der Waals surface area contributed by atoms with Crippen molar-refractivity contribution in [2.75, 3.05) is 19.9 Å². The van der Waals surface area contributed by atoms with E-state index in [2.05, 4.69) is 17.5 Å². The van der Waals surface area contributed by atoms with Crippen LogP contribution in [0.3, 0.4) is 0 Å². The molecular weight excluding hydrogens is 329 g/mol. The van der Waals surface area contributed by atoms with Gasteiger partial charge in [0.25, 0.3) is 0 Å². The lowest BCUT2D eigenvalue weighted by atomic mass is 9.64. The zero-order valence-corrected chi connectivity index (χ0v) is 15.3. The Kier molecular flexibility index (Phi) is 4.75. The van der Waals surface area contributed by atoms with Crippen molar-refractivity contribution in [1.29, 1.82) is 0 Å². The predicted molar refractivity (Wildman–Crippen MR) is 90.7 cm³/mol. The van der Waals surface area contributed by atoms with E-state index in [1.807, 2.05) is 13.3 Å². The first-order chi connectivity index (χ1) is 11.4. The third-order valence-corrected chi connectivity index (χ3v) is 6.21. The van der Waals surface area contributed by atoms with Crippen LogP contribution in [0.4, 0.5) is 0 Å². The Morgan fingerprint density at radius 1 is 1.50 bits per heavy atom. The number of carbonyl (C=O) groups excluding carboxylic acids is 2. The van der Waals surface area contributed by atoms with Gasteiger partial charge in [-0.25, -0.2) is 4.79 Å². The zero-order valence-electron chi connectivity index (χ0n) is 14.4. The third-order valence-electron chi connectivity index (χ3n) is 5.56. The summed E-state index contributed by atoms with van der Waals surface area (Å²) in [6.07, 6.45) is 7.08. The number of esters is 1. The molecule has 2 saturated heterocycles. The van der Waals surface area contributed by atoms with Crippen molar-refractivity contribution in [3.8, 4) is 0 Å². The van der Waals surface area contributed by atoms with Gasteiger partial charge in [0.05, 0.1) is 5.92 Å². The number of nitrogens with one attached hydrogen (secondary N) is 1. The Bertz CT molecular complexity index is 565. The van der Waals surface area contributed by atoms with Crippen LogP contribution < -0.4 is 5.32 Å². The highest BCUT2D eigenvalue weighted by molar-refractivity contribution is 7.50. The molecule has 134 valence electrons. The van der Waals surface area contributed by atoms with Crippen LogP contribution in [0.1, 0.15) is 32.6 Å². The van der Waals surface area contributed by atoms with E-state index in [1.54, 1.807) is 6.92 Å². The average molecular weight is 355 g/mol. The highest BCUT2D eigenvalue weighted by atomic mass is 31.1. The van der Waals surface area contributed by atoms with E-state index in [9.17, 15) is 14.7 Å². The number of amides is 1. The van der Waals surface area contributed by atoms with E-state index < -0.39 is 37.3 Å². The largest absolute Gasteiger partial charge is 0.453 e. The molecule has 2 fully saturated rings. The number of hydrogen-bond acceptors (Lipinski definition) is 5. The van der Waals surface area contributed by atoms with Crippen LogP contribution in [0.15, 0.2) is 12.2 Å². The van der Waals surface area contributed by atoms with Crippen LogP contribution in [0.2, 0.25) is 0 Å². The van der Waals surface area contributed by atoms with Gasteiger partial charge < -0.3 is 19.7 Å². The van der Waals surface area contributed by atoms with Crippen molar-refractivity contribution in [2.24, 2.45) is 11.8 Å². The molecule has 2 heterocycles. The minimum atomic E-state index is -1.15. The second kappa shape index (κ2) is 6.40. The first-order valence-electron chi connectivity index (χ1n) is 8.54. The predicted octanol–water partition coefficient (Wildman–Crippen LogP) is 1.57. The summed E-state index contributed by atoms with van der Waals surface area (Å²) >= 11 is 0. The third kappa shape index (κ3) is 2.42. The first kappa shape index (κ1) is 17.8. The fraction of sp³-hybridized carbons (Fsp3) is 0.765. The minimum Gasteiger partial charge on any atom is -0.453 e. The van der Waals surface area contributed by atoms with E-state index >= 15 is 0 Å². The number of fused-ring (bicyclic) bond motifs is 1. The summed E-state index contributed by atoms with van der Waals surface area (Å²) in [5.41, 5.74) is -2.12. The summed E-state index contributed by atoms with van der Waals surface area (Å²) in [4.78, 5) is 25.1. The summed E-state index contributed by atoms with van der Waals surface area (Å²) in [6, 6.07) is 0. The molecule has 2 aliphatic heterocycles. The molecule has 7 heteroatoms. The van der Waals surface area contributed by atoms with Gasteiger partial charge in [0.1, 0.15) is 6.10 Å². The monoisotopic (exact) mass is 355 g/mol. The van der Waals surface area contributed by atoms with Gasteiger partial charge in [0, 0.05) is 20.7 Å². The second-order valence-corrected chi connectivity index (χ2v) is 9.06. The zero-order chi connectivity index (χ0) is 17.5. The maximum absolute atomic E-state index is 12.6. The maximum atomic E-state index is 12.6. The lowest BCUT2D eigenvalue weighted by molar-refractivity contribution is -0.235. The van der Waals surface area contributed by atoms with E-state index in [1.165, 1.54) is 0 Å². The molecular formula is C17H26NO5P. The van der Waals surface area contributed by atoms with Crippen molar-refractivity contribution in [3.05, 3.63) is 12.2 Å². The van der Waals surface area contributed by atoms with Crippen LogP contribution in [0, 0.1) is 11.8 Å². The van der Waals surface area contributed by atoms with Gasteiger partial charge in [-0.05, 0) is 45.9 Å². The van der Waals surface area contributed by atoms with Crippen molar-refractivity contribution >= 4 is 20.0 Å². The molecule has 0 aromatic carbocycles. The van der Waals surface area contributed by atoms with Crippen molar-refractivity contribution in [1.82, 2.24) is 5.32 Å². The number of aliphatic hydroxyl groups excluding tert-OH is 1. The fourth-order valence-electron chi connectivity index (χ4n) is 4.36. The van der Waals surface area contributed by atoms with E-state index in [0.29, 0.717) is 0 Å². The molecule has 3 aliphatic rings. The Labute approximate surface area is 143 Å². The van der Waals surface area contributed by atoms with Gasteiger partial charge in [-0.15, -0.1) is 0 Å². The number of hydrogen-bond donors (Lipinski definition) is 2. The van der Waals surface area contributed by atoms with Crippen LogP contribution in [0.5, 0.6) is 0 Å². The Morgan fingerprint density at radius 3 is 2.79 bits per heavy atom. The van der Waals surface area contributed by atoms with E-state index in [4.69, 9.17) is 9.26 Å². The van der Waals surface area contributed by atoms with Gasteiger partial charge in [-0.1, -0.05) is 12.2 Å². The quantitative estimate of drug-likeness (QED) is 0.429. The molecule has 0 saturated carbocycles. The molecule has 0 aromatic rings. The van der Waals surface area contributed by atoms with Gasteiger partial charge in [-0.2, -0.15) is 0 Å². The van der Waals surface area contributed by atoms with Gasteiger partial charge in [0.2, 0.25) is 11.4 Å². The van der Waals surface area contributed by atoms with Crippen molar-refractivity contribution < 1.29 is 24.0 Å². The molecule has 1 amide bonds. The summed E-state index contributed by atoms with van der Waals surface area (Å²) in [7, 11) is -0.718.